The molecule has 0 amide bonds. The molecule has 2 atom stereocenters. The van der Waals surface area contributed by atoms with Crippen molar-refractivity contribution >= 4 is 5.97 Å². The van der Waals surface area contributed by atoms with Gasteiger partial charge in [0.1, 0.15) is 0 Å². The van der Waals surface area contributed by atoms with Crippen molar-refractivity contribution in [3.8, 4) is 0 Å². The van der Waals surface area contributed by atoms with E-state index in [4.69, 9.17) is 0 Å². The summed E-state index contributed by atoms with van der Waals surface area (Å²) < 4.78 is 28.6. The average molecular weight is 209 g/mol. The molecule has 0 saturated carbocycles. The Labute approximate surface area is 83.0 Å². The Bertz CT molecular complexity index is 188. The topological polar surface area (TPSA) is 29.5 Å². The number of rotatable bonds is 5. The van der Waals surface area contributed by atoms with Crippen molar-refractivity contribution in [3.05, 3.63) is 0 Å². The van der Waals surface area contributed by atoms with Gasteiger partial charge >= 0.3 is 5.97 Å². The van der Waals surface area contributed by atoms with Crippen molar-refractivity contribution in [2.75, 3.05) is 20.7 Å². The summed E-state index contributed by atoms with van der Waals surface area (Å²) in [6, 6.07) is -0.253. The molecule has 3 nitrogen and oxygen atoms in total. The van der Waals surface area contributed by atoms with Gasteiger partial charge in [-0.3, -0.25) is 9.69 Å². The highest BCUT2D eigenvalue weighted by atomic mass is 19.3. The van der Waals surface area contributed by atoms with Gasteiger partial charge in [0.2, 0.25) is 0 Å². The molecule has 2 unspecified atom stereocenters. The van der Waals surface area contributed by atoms with Crippen LogP contribution < -0.4 is 0 Å². The first-order valence-electron chi connectivity index (χ1n) is 4.46. The molecule has 84 valence electrons. The third kappa shape index (κ3) is 4.00. The summed E-state index contributed by atoms with van der Waals surface area (Å²) >= 11 is 0. The molecular weight excluding hydrogens is 192 g/mol. The Morgan fingerprint density at radius 1 is 1.43 bits per heavy atom. The number of halogens is 2. The molecule has 0 spiro atoms. The molecule has 0 aliphatic rings. The Kier molecular flexibility index (Phi) is 5.60. The van der Waals surface area contributed by atoms with Crippen LogP contribution in [-0.4, -0.2) is 44.0 Å². The Morgan fingerprint density at radius 3 is 2.29 bits per heavy atom. The van der Waals surface area contributed by atoms with Crippen LogP contribution in [0, 0.1) is 5.92 Å². The molecule has 0 bridgehead atoms. The predicted molar refractivity (Wildman–Crippen MR) is 49.3 cm³/mol. The minimum absolute atomic E-state index is 0.253. The molecule has 0 aromatic heterocycles. The smallest absolute Gasteiger partial charge is 0.309 e. The first-order valence-corrected chi connectivity index (χ1v) is 4.46. The molecule has 5 heteroatoms. The number of nitrogens with zero attached hydrogens (tertiary/aromatic N) is 1. The van der Waals surface area contributed by atoms with Crippen LogP contribution in [-0.2, 0) is 9.53 Å². The van der Waals surface area contributed by atoms with E-state index >= 15 is 0 Å². The molecule has 14 heavy (non-hydrogen) atoms. The lowest BCUT2D eigenvalue weighted by atomic mass is 10.0. The normalized spacial score (nSPS) is 15.7. The highest BCUT2D eigenvalue weighted by Gasteiger charge is 2.25. The molecular formula is C9H17F2NO2. The number of alkyl halides is 2. The van der Waals surface area contributed by atoms with Gasteiger partial charge < -0.3 is 4.74 Å². The van der Waals surface area contributed by atoms with Crippen LogP contribution >= 0.6 is 0 Å². The minimum atomic E-state index is -2.38. The molecule has 0 N–H and O–H groups in total. The van der Waals surface area contributed by atoms with Gasteiger partial charge in [0.25, 0.3) is 6.43 Å². The fraction of sp³-hybridized carbons (Fsp3) is 0.889. The fourth-order valence-corrected chi connectivity index (χ4v) is 1.15. The van der Waals surface area contributed by atoms with Crippen LogP contribution in [0.2, 0.25) is 0 Å². The SMILES string of the molecule is COC(=O)C(C)C(C)N(C)CC(F)F. The van der Waals surface area contributed by atoms with Gasteiger partial charge in [-0.15, -0.1) is 0 Å². The Hall–Kier alpha value is -0.710. The molecule has 0 radical (unpaired) electrons. The van der Waals surface area contributed by atoms with Crippen molar-refractivity contribution in [1.29, 1.82) is 0 Å². The van der Waals surface area contributed by atoms with Crippen LogP contribution in [0.15, 0.2) is 0 Å². The number of ether oxygens (including phenoxy) is 1. The second-order valence-corrected chi connectivity index (χ2v) is 3.38. The number of hydrogen-bond acceptors (Lipinski definition) is 3. The van der Waals surface area contributed by atoms with Crippen molar-refractivity contribution in [3.63, 3.8) is 0 Å². The summed E-state index contributed by atoms with van der Waals surface area (Å²) in [7, 11) is 2.86. The zero-order valence-electron chi connectivity index (χ0n) is 8.96. The van der Waals surface area contributed by atoms with Crippen molar-refractivity contribution in [1.82, 2.24) is 4.90 Å². The van der Waals surface area contributed by atoms with E-state index in [2.05, 4.69) is 4.74 Å². The largest absolute Gasteiger partial charge is 0.469 e. The molecule has 0 aromatic rings. The summed E-state index contributed by atoms with van der Waals surface area (Å²) in [5.41, 5.74) is 0. The maximum atomic E-state index is 12.0. The van der Waals surface area contributed by atoms with Crippen LogP contribution in [0.4, 0.5) is 8.78 Å². The third-order valence-electron chi connectivity index (χ3n) is 2.42. The van der Waals surface area contributed by atoms with E-state index < -0.39 is 12.3 Å². The van der Waals surface area contributed by atoms with Crippen LogP contribution in [0.5, 0.6) is 0 Å². The number of esters is 1. The fourth-order valence-electron chi connectivity index (χ4n) is 1.15. The first-order chi connectivity index (χ1) is 6.40. The lowest BCUT2D eigenvalue weighted by Gasteiger charge is -2.27. The minimum Gasteiger partial charge on any atom is -0.469 e. The highest BCUT2D eigenvalue weighted by molar-refractivity contribution is 5.72. The van der Waals surface area contributed by atoms with E-state index in [1.165, 1.54) is 12.0 Å². The molecule has 0 heterocycles. The van der Waals surface area contributed by atoms with Crippen LogP contribution in [0.25, 0.3) is 0 Å². The van der Waals surface area contributed by atoms with E-state index in [1.807, 2.05) is 0 Å². The molecule has 0 saturated heterocycles. The van der Waals surface area contributed by atoms with E-state index in [-0.39, 0.29) is 18.6 Å². The van der Waals surface area contributed by atoms with E-state index in [0.29, 0.717) is 0 Å². The first kappa shape index (κ1) is 13.3. The number of methoxy groups -OCH3 is 1. The Morgan fingerprint density at radius 2 is 1.93 bits per heavy atom. The maximum Gasteiger partial charge on any atom is 0.309 e. The van der Waals surface area contributed by atoms with E-state index in [1.54, 1.807) is 20.9 Å². The van der Waals surface area contributed by atoms with Gasteiger partial charge in [0.15, 0.2) is 0 Å². The summed E-state index contributed by atoms with van der Waals surface area (Å²) in [4.78, 5) is 12.6. The zero-order valence-corrected chi connectivity index (χ0v) is 8.96. The molecule has 0 aliphatic carbocycles. The predicted octanol–water partition coefficient (Wildman–Crippen LogP) is 1.38. The van der Waals surface area contributed by atoms with Crippen LogP contribution in [0.1, 0.15) is 13.8 Å². The quantitative estimate of drug-likeness (QED) is 0.641. The van der Waals surface area contributed by atoms with E-state index in [9.17, 15) is 13.6 Å². The molecule has 0 rings (SSSR count). The molecule has 0 aromatic carbocycles. The lowest BCUT2D eigenvalue weighted by Crippen LogP contribution is -2.40. The van der Waals surface area contributed by atoms with Gasteiger partial charge in [-0.2, -0.15) is 0 Å². The van der Waals surface area contributed by atoms with Gasteiger partial charge in [-0.1, -0.05) is 6.92 Å². The van der Waals surface area contributed by atoms with Crippen LogP contribution in [0.3, 0.4) is 0 Å². The lowest BCUT2D eigenvalue weighted by molar-refractivity contribution is -0.147. The van der Waals surface area contributed by atoms with Gasteiger partial charge in [0.05, 0.1) is 19.6 Å². The summed E-state index contributed by atoms with van der Waals surface area (Å²) in [6.07, 6.45) is -2.38. The summed E-state index contributed by atoms with van der Waals surface area (Å²) in [6.45, 7) is 3.06. The van der Waals surface area contributed by atoms with Gasteiger partial charge in [-0.05, 0) is 14.0 Å². The monoisotopic (exact) mass is 209 g/mol. The summed E-state index contributed by atoms with van der Waals surface area (Å²) in [5, 5.41) is 0. The van der Waals surface area contributed by atoms with Gasteiger partial charge in [0, 0.05) is 6.04 Å². The number of carbonyl (C=O) groups is 1. The molecule has 0 fully saturated rings. The van der Waals surface area contributed by atoms with Crippen molar-refractivity contribution in [2.24, 2.45) is 5.92 Å². The summed E-state index contributed by atoms with van der Waals surface area (Å²) in [5.74, 6) is -0.776. The van der Waals surface area contributed by atoms with Crippen molar-refractivity contribution in [2.45, 2.75) is 26.3 Å². The molecule has 0 aliphatic heterocycles. The highest BCUT2D eigenvalue weighted by Crippen LogP contribution is 2.12. The third-order valence-corrected chi connectivity index (χ3v) is 2.42. The number of carbonyl (C=O) groups excluding carboxylic acids is 1. The van der Waals surface area contributed by atoms with Crippen molar-refractivity contribution < 1.29 is 18.3 Å². The standard InChI is InChI=1S/C9H17F2NO2/c1-6(9(13)14-4)7(2)12(3)5-8(10)11/h6-8H,5H2,1-4H3. The zero-order chi connectivity index (χ0) is 11.3. The Balaban J connectivity index is 4.16. The van der Waals surface area contributed by atoms with E-state index in [0.717, 1.165) is 0 Å². The number of hydrogen-bond donors (Lipinski definition) is 0. The average Bonchev–Trinajstić information content (AvgIpc) is 2.13. The second-order valence-electron chi connectivity index (χ2n) is 3.38. The van der Waals surface area contributed by atoms with Gasteiger partial charge in [-0.25, -0.2) is 8.78 Å². The maximum absolute atomic E-state index is 12.0. The second kappa shape index (κ2) is 5.90.